The lowest BCUT2D eigenvalue weighted by atomic mass is 10.00. The molecule has 2 nitrogen and oxygen atoms in total. The van der Waals surface area contributed by atoms with Gasteiger partial charge in [-0.05, 0) is 12.1 Å². The molecule has 0 saturated carbocycles. The van der Waals surface area contributed by atoms with Gasteiger partial charge in [0.15, 0.2) is 23.0 Å². The topological polar surface area (TPSA) is 33.0 Å². The lowest BCUT2D eigenvalue weighted by molar-refractivity contribution is 0.719. The molecule has 0 radical (unpaired) electrons. The Morgan fingerprint density at radius 2 is 1.56 bits per heavy atom. The summed E-state index contributed by atoms with van der Waals surface area (Å²) in [7, 11) is 0. The third-order valence-electron chi connectivity index (χ3n) is 2.31. The fourth-order valence-corrected chi connectivity index (χ4v) is 1.96. The highest BCUT2D eigenvalue weighted by molar-refractivity contribution is 14.1. The predicted octanol–water partition coefficient (Wildman–Crippen LogP) is 3.95. The van der Waals surface area contributed by atoms with Gasteiger partial charge in [0.1, 0.15) is 5.75 Å². The van der Waals surface area contributed by atoms with E-state index in [9.17, 15) is 0 Å². The summed E-state index contributed by atoms with van der Waals surface area (Å²) in [6.45, 7) is 0. The van der Waals surface area contributed by atoms with Gasteiger partial charge in [-0.25, -0.2) is 0 Å². The number of halogens is 1. The van der Waals surface area contributed by atoms with Crippen LogP contribution in [0.5, 0.6) is 5.75 Å². The van der Waals surface area contributed by atoms with Crippen LogP contribution in [0.2, 0.25) is 0 Å². The summed E-state index contributed by atoms with van der Waals surface area (Å²) in [5, 5.41) is 9.05. The average molecular weight is 321 g/mol. The summed E-state index contributed by atoms with van der Waals surface area (Å²) in [6.07, 6.45) is 0. The Hall–Kier alpha value is -1.54. The van der Waals surface area contributed by atoms with Crippen LogP contribution in [0.4, 0.5) is 0 Å². The van der Waals surface area contributed by atoms with Crippen LogP contribution in [-0.2, 0) is 0 Å². The van der Waals surface area contributed by atoms with Crippen molar-refractivity contribution in [1.29, 1.82) is 5.26 Å². The molecule has 0 amide bonds. The SMILES string of the molecule is N#Cc1ccccc1-c1ccccc1OI. The molecule has 0 bridgehead atoms. The van der Waals surface area contributed by atoms with Crippen LogP contribution in [0.25, 0.3) is 11.1 Å². The van der Waals surface area contributed by atoms with Crippen molar-refractivity contribution in [2.45, 2.75) is 0 Å². The second-order valence-corrected chi connectivity index (χ2v) is 3.67. The maximum absolute atomic E-state index is 9.05. The van der Waals surface area contributed by atoms with Crippen LogP contribution in [-0.4, -0.2) is 0 Å². The number of hydrogen-bond donors (Lipinski definition) is 0. The van der Waals surface area contributed by atoms with Crippen molar-refractivity contribution >= 4 is 23.0 Å². The minimum Gasteiger partial charge on any atom is -0.427 e. The molecule has 0 aromatic heterocycles. The highest BCUT2D eigenvalue weighted by Gasteiger charge is 2.08. The maximum atomic E-state index is 9.05. The zero-order valence-corrected chi connectivity index (χ0v) is 10.5. The van der Waals surface area contributed by atoms with E-state index in [-0.39, 0.29) is 0 Å². The van der Waals surface area contributed by atoms with Gasteiger partial charge < -0.3 is 3.07 Å². The van der Waals surface area contributed by atoms with Crippen molar-refractivity contribution in [3.05, 3.63) is 54.1 Å². The van der Waals surface area contributed by atoms with E-state index >= 15 is 0 Å². The molecule has 2 aromatic rings. The highest BCUT2D eigenvalue weighted by Crippen LogP contribution is 2.32. The van der Waals surface area contributed by atoms with Crippen LogP contribution < -0.4 is 3.07 Å². The van der Waals surface area contributed by atoms with Crippen molar-refractivity contribution in [2.75, 3.05) is 0 Å². The maximum Gasteiger partial charge on any atom is 0.192 e. The van der Waals surface area contributed by atoms with Crippen molar-refractivity contribution < 1.29 is 3.07 Å². The summed E-state index contributed by atoms with van der Waals surface area (Å²) in [5.41, 5.74) is 2.50. The minimum absolute atomic E-state index is 0.656. The Kier molecular flexibility index (Phi) is 3.42. The summed E-state index contributed by atoms with van der Waals surface area (Å²) >= 11 is 1.85. The normalized spacial score (nSPS) is 9.50. The van der Waals surface area contributed by atoms with E-state index in [1.54, 1.807) is 6.07 Å². The lowest BCUT2D eigenvalue weighted by Gasteiger charge is -2.07. The number of rotatable bonds is 2. The van der Waals surface area contributed by atoms with E-state index in [1.165, 1.54) is 0 Å². The first kappa shape index (κ1) is 11.0. The Morgan fingerprint density at radius 1 is 0.938 bits per heavy atom. The molecule has 0 aliphatic heterocycles. The van der Waals surface area contributed by atoms with Crippen LogP contribution >= 0.6 is 23.0 Å². The van der Waals surface area contributed by atoms with Gasteiger partial charge in [0.25, 0.3) is 0 Å². The molecule has 2 aromatic carbocycles. The van der Waals surface area contributed by atoms with Gasteiger partial charge in [0, 0.05) is 11.1 Å². The van der Waals surface area contributed by atoms with Gasteiger partial charge in [0.05, 0.1) is 11.6 Å². The first-order valence-corrected chi connectivity index (χ1v) is 5.62. The Balaban J connectivity index is 2.64. The van der Waals surface area contributed by atoms with Gasteiger partial charge in [-0.15, -0.1) is 0 Å². The van der Waals surface area contributed by atoms with Gasteiger partial charge >= 0.3 is 0 Å². The number of benzene rings is 2. The van der Waals surface area contributed by atoms with Crippen molar-refractivity contribution in [1.82, 2.24) is 0 Å². The van der Waals surface area contributed by atoms with Crippen LogP contribution in [0, 0.1) is 11.3 Å². The zero-order chi connectivity index (χ0) is 11.4. The van der Waals surface area contributed by atoms with Crippen molar-refractivity contribution in [3.8, 4) is 22.9 Å². The van der Waals surface area contributed by atoms with Gasteiger partial charge in [-0.3, -0.25) is 0 Å². The van der Waals surface area contributed by atoms with Crippen LogP contribution in [0.1, 0.15) is 5.56 Å². The Morgan fingerprint density at radius 3 is 2.25 bits per heavy atom. The van der Waals surface area contributed by atoms with E-state index in [4.69, 9.17) is 8.33 Å². The number of para-hydroxylation sites is 1. The summed E-state index contributed by atoms with van der Waals surface area (Å²) < 4.78 is 5.26. The molecule has 78 valence electrons. The van der Waals surface area contributed by atoms with Crippen LogP contribution in [0.3, 0.4) is 0 Å². The minimum atomic E-state index is 0.656. The summed E-state index contributed by atoms with van der Waals surface area (Å²) in [5.74, 6) is 0.769. The van der Waals surface area contributed by atoms with E-state index in [0.717, 1.165) is 16.9 Å². The second kappa shape index (κ2) is 4.99. The molecule has 0 saturated heterocycles. The summed E-state index contributed by atoms with van der Waals surface area (Å²) in [6, 6.07) is 17.4. The lowest BCUT2D eigenvalue weighted by Crippen LogP contribution is -1.86. The summed E-state index contributed by atoms with van der Waals surface area (Å²) in [4.78, 5) is 0. The molecule has 16 heavy (non-hydrogen) atoms. The van der Waals surface area contributed by atoms with E-state index in [0.29, 0.717) is 5.56 Å². The van der Waals surface area contributed by atoms with E-state index < -0.39 is 0 Å². The van der Waals surface area contributed by atoms with E-state index in [1.807, 2.05) is 65.5 Å². The first-order valence-electron chi connectivity index (χ1n) is 4.74. The molecular formula is C13H8INO. The molecule has 0 aliphatic rings. The van der Waals surface area contributed by atoms with Crippen molar-refractivity contribution in [3.63, 3.8) is 0 Å². The Labute approximate surface area is 108 Å². The third-order valence-corrected chi connectivity index (χ3v) is 2.78. The molecule has 0 atom stereocenters. The zero-order valence-electron chi connectivity index (χ0n) is 8.35. The molecule has 0 heterocycles. The molecule has 0 N–H and O–H groups in total. The average Bonchev–Trinajstić information content (AvgIpc) is 2.38. The van der Waals surface area contributed by atoms with E-state index in [2.05, 4.69) is 6.07 Å². The first-order chi connectivity index (χ1) is 7.86. The van der Waals surface area contributed by atoms with Crippen molar-refractivity contribution in [2.24, 2.45) is 0 Å². The molecular weight excluding hydrogens is 313 g/mol. The molecule has 0 aliphatic carbocycles. The van der Waals surface area contributed by atoms with Gasteiger partial charge in [-0.1, -0.05) is 36.4 Å². The smallest absolute Gasteiger partial charge is 0.192 e. The van der Waals surface area contributed by atoms with Crippen LogP contribution in [0.15, 0.2) is 48.5 Å². The number of nitrogens with zero attached hydrogens (tertiary/aromatic N) is 1. The third kappa shape index (κ3) is 2.02. The highest BCUT2D eigenvalue weighted by atomic mass is 127. The largest absolute Gasteiger partial charge is 0.427 e. The number of hydrogen-bond acceptors (Lipinski definition) is 2. The van der Waals surface area contributed by atoms with Gasteiger partial charge in [-0.2, -0.15) is 5.26 Å². The molecule has 0 unspecified atom stereocenters. The molecule has 0 spiro atoms. The molecule has 3 heteroatoms. The number of nitriles is 1. The molecule has 2 rings (SSSR count). The fraction of sp³-hybridized carbons (Fsp3) is 0. The standard InChI is InChI=1S/C13H8INO/c14-16-13-8-4-3-7-12(13)11-6-2-1-5-10(11)9-15/h1-8H. The quantitative estimate of drug-likeness (QED) is 0.785. The monoisotopic (exact) mass is 321 g/mol. The fourth-order valence-electron chi connectivity index (χ4n) is 1.57. The molecule has 0 fully saturated rings. The Bertz CT molecular complexity index is 546. The second-order valence-electron chi connectivity index (χ2n) is 3.23. The predicted molar refractivity (Wildman–Crippen MR) is 71.2 cm³/mol. The van der Waals surface area contributed by atoms with Gasteiger partial charge in [0.2, 0.25) is 0 Å².